The van der Waals surface area contributed by atoms with E-state index >= 15 is 0 Å². The molecule has 1 amide bonds. The van der Waals surface area contributed by atoms with E-state index in [-0.39, 0.29) is 35.7 Å². The molecule has 2 aromatic rings. The van der Waals surface area contributed by atoms with Crippen LogP contribution in [0, 0.1) is 5.82 Å². The van der Waals surface area contributed by atoms with Gasteiger partial charge in [-0.3, -0.25) is 4.79 Å². The van der Waals surface area contributed by atoms with Crippen molar-refractivity contribution in [3.8, 4) is 5.75 Å². The van der Waals surface area contributed by atoms with Crippen molar-refractivity contribution in [2.75, 3.05) is 31.3 Å². The Morgan fingerprint density at radius 3 is 2.68 bits per heavy atom. The highest BCUT2D eigenvalue weighted by molar-refractivity contribution is 14.0. The van der Waals surface area contributed by atoms with Crippen LogP contribution in [0.4, 0.5) is 10.1 Å². The molecule has 0 aliphatic rings. The minimum atomic E-state index is -0.225. The molecule has 0 aliphatic heterocycles. The van der Waals surface area contributed by atoms with E-state index in [0.717, 1.165) is 23.4 Å². The number of carbonyl (C=O) groups is 1. The van der Waals surface area contributed by atoms with Crippen LogP contribution < -0.4 is 20.7 Å². The van der Waals surface area contributed by atoms with Gasteiger partial charge in [0.2, 0.25) is 5.91 Å². The zero-order chi connectivity index (χ0) is 21.8. The monoisotopic (exact) mass is 560 g/mol. The third-order valence-electron chi connectivity index (χ3n) is 4.04. The molecule has 0 heterocycles. The quantitative estimate of drug-likeness (QED) is 0.174. The molecule has 3 N–H and O–H groups in total. The second-order valence-electron chi connectivity index (χ2n) is 6.53. The first-order valence-electron chi connectivity index (χ1n) is 9.80. The van der Waals surface area contributed by atoms with Crippen LogP contribution in [0.25, 0.3) is 0 Å². The van der Waals surface area contributed by atoms with E-state index in [1.807, 2.05) is 31.4 Å². The smallest absolute Gasteiger partial charge is 0.221 e. The fourth-order valence-corrected chi connectivity index (χ4v) is 3.33. The summed E-state index contributed by atoms with van der Waals surface area (Å²) >= 11 is 1.65. The lowest BCUT2D eigenvalue weighted by Gasteiger charge is -2.13. The van der Waals surface area contributed by atoms with E-state index in [9.17, 15) is 9.18 Å². The third-order valence-corrected chi connectivity index (χ3v) is 4.64. The van der Waals surface area contributed by atoms with Gasteiger partial charge in [0.25, 0.3) is 0 Å². The summed E-state index contributed by atoms with van der Waals surface area (Å²) in [6, 6.07) is 12.1. The summed E-state index contributed by atoms with van der Waals surface area (Å²) in [7, 11) is 0. The van der Waals surface area contributed by atoms with E-state index in [1.165, 1.54) is 13.0 Å². The number of benzene rings is 2. The highest BCUT2D eigenvalue weighted by atomic mass is 127. The Hall–Kier alpha value is -2.01. The summed E-state index contributed by atoms with van der Waals surface area (Å²) < 4.78 is 19.3. The lowest BCUT2D eigenvalue weighted by molar-refractivity contribution is -0.114. The largest absolute Gasteiger partial charge is 0.492 e. The lowest BCUT2D eigenvalue weighted by Crippen LogP contribution is -2.39. The van der Waals surface area contributed by atoms with E-state index in [4.69, 9.17) is 4.74 Å². The maximum absolute atomic E-state index is 13.5. The van der Waals surface area contributed by atoms with Crippen LogP contribution in [0.5, 0.6) is 5.75 Å². The first kappa shape index (κ1) is 27.0. The number of nitrogens with zero attached hydrogens (tertiary/aromatic N) is 1. The first-order valence-corrected chi connectivity index (χ1v) is 11.2. The fraction of sp³-hybridized carbons (Fsp3) is 0.364. The minimum Gasteiger partial charge on any atom is -0.492 e. The van der Waals surface area contributed by atoms with Gasteiger partial charge in [0, 0.05) is 31.0 Å². The molecule has 2 rings (SSSR count). The van der Waals surface area contributed by atoms with E-state index < -0.39 is 0 Å². The molecule has 0 bridgehead atoms. The molecule has 0 radical (unpaired) electrons. The van der Waals surface area contributed by atoms with E-state index in [2.05, 4.69) is 20.9 Å². The van der Waals surface area contributed by atoms with Crippen LogP contribution >= 0.6 is 35.7 Å². The molecule has 2 aromatic carbocycles. The number of hydrogen-bond acceptors (Lipinski definition) is 4. The minimum absolute atomic E-state index is 0. The third kappa shape index (κ3) is 10.2. The molecule has 0 saturated heterocycles. The average Bonchev–Trinajstić information content (AvgIpc) is 2.70. The Kier molecular flexibility index (Phi) is 13.0. The van der Waals surface area contributed by atoms with Crippen molar-refractivity contribution in [2.24, 2.45) is 4.99 Å². The maximum atomic E-state index is 13.5. The Labute approximate surface area is 204 Å². The lowest BCUT2D eigenvalue weighted by atomic mass is 10.1. The topological polar surface area (TPSA) is 74.8 Å². The van der Waals surface area contributed by atoms with Gasteiger partial charge in [0.05, 0.1) is 13.1 Å². The number of nitrogens with one attached hydrogen (secondary N) is 3. The average molecular weight is 560 g/mol. The second-order valence-corrected chi connectivity index (χ2v) is 7.39. The van der Waals surface area contributed by atoms with Gasteiger partial charge >= 0.3 is 0 Å². The molecule has 31 heavy (non-hydrogen) atoms. The second kappa shape index (κ2) is 14.9. The SMILES string of the molecule is CCNC(=NCc1ccc(F)cc1CSC)NCCOc1cccc(NC(C)=O)c1.I. The van der Waals surface area contributed by atoms with Gasteiger partial charge in [-0.15, -0.1) is 24.0 Å². The number of guanidine groups is 1. The zero-order valence-electron chi connectivity index (χ0n) is 18.0. The molecule has 0 saturated carbocycles. The highest BCUT2D eigenvalue weighted by Gasteiger charge is 2.05. The number of rotatable bonds is 10. The van der Waals surface area contributed by atoms with Crippen LogP contribution in [0.1, 0.15) is 25.0 Å². The zero-order valence-corrected chi connectivity index (χ0v) is 21.2. The standard InChI is InChI=1S/C22H29FN4O2S.HI/c1-4-24-22(26-14-17-8-9-19(23)12-18(17)15-30-3)25-10-11-29-21-7-5-6-20(13-21)27-16(2)28;/h5-9,12-13H,4,10-11,14-15H2,1-3H3,(H,27,28)(H2,24,25,26);1H. The van der Waals surface area contributed by atoms with Crippen molar-refractivity contribution in [1.82, 2.24) is 10.6 Å². The van der Waals surface area contributed by atoms with Gasteiger partial charge in [-0.25, -0.2) is 9.38 Å². The molecule has 0 aliphatic carbocycles. The molecular weight excluding hydrogens is 530 g/mol. The highest BCUT2D eigenvalue weighted by Crippen LogP contribution is 2.18. The molecule has 6 nitrogen and oxygen atoms in total. The van der Waals surface area contributed by atoms with Gasteiger partial charge in [0.15, 0.2) is 5.96 Å². The number of carbonyl (C=O) groups excluding carboxylic acids is 1. The van der Waals surface area contributed by atoms with Crippen LogP contribution in [-0.4, -0.2) is 37.8 Å². The molecule has 0 aromatic heterocycles. The molecule has 0 spiro atoms. The predicted molar refractivity (Wildman–Crippen MR) is 138 cm³/mol. The Bertz CT molecular complexity index is 867. The van der Waals surface area contributed by atoms with Crippen molar-refractivity contribution < 1.29 is 13.9 Å². The Balaban J connectivity index is 0.00000480. The number of amides is 1. The molecule has 0 fully saturated rings. The van der Waals surface area contributed by atoms with Gasteiger partial charge in [0.1, 0.15) is 18.2 Å². The first-order chi connectivity index (χ1) is 14.5. The van der Waals surface area contributed by atoms with Crippen LogP contribution in [0.3, 0.4) is 0 Å². The Morgan fingerprint density at radius 1 is 1.16 bits per heavy atom. The predicted octanol–water partition coefficient (Wildman–Crippen LogP) is 4.40. The molecule has 0 atom stereocenters. The van der Waals surface area contributed by atoms with Gasteiger partial charge in [-0.1, -0.05) is 12.1 Å². The molecule has 170 valence electrons. The number of thioether (sulfide) groups is 1. The van der Waals surface area contributed by atoms with Crippen molar-refractivity contribution in [2.45, 2.75) is 26.1 Å². The number of anilines is 1. The van der Waals surface area contributed by atoms with E-state index in [0.29, 0.717) is 37.1 Å². The van der Waals surface area contributed by atoms with Crippen molar-refractivity contribution in [1.29, 1.82) is 0 Å². The van der Waals surface area contributed by atoms with Crippen LogP contribution in [-0.2, 0) is 17.1 Å². The summed E-state index contributed by atoms with van der Waals surface area (Å²) in [5, 5.41) is 9.17. The van der Waals surface area contributed by atoms with Crippen LogP contribution in [0.2, 0.25) is 0 Å². The molecule has 0 unspecified atom stereocenters. The molecule has 9 heteroatoms. The number of hydrogen-bond donors (Lipinski definition) is 3. The summed E-state index contributed by atoms with van der Waals surface area (Å²) in [4.78, 5) is 15.8. The fourth-order valence-electron chi connectivity index (χ4n) is 2.75. The molecular formula is C22H30FIN4O2S. The number of ether oxygens (including phenoxy) is 1. The van der Waals surface area contributed by atoms with E-state index in [1.54, 1.807) is 30.0 Å². The van der Waals surface area contributed by atoms with Gasteiger partial charge in [-0.2, -0.15) is 11.8 Å². The summed E-state index contributed by atoms with van der Waals surface area (Å²) in [6.07, 6.45) is 2.00. The van der Waals surface area contributed by atoms with Crippen molar-refractivity contribution in [3.05, 3.63) is 59.4 Å². The number of aliphatic imine (C=N–C) groups is 1. The van der Waals surface area contributed by atoms with Crippen LogP contribution in [0.15, 0.2) is 47.5 Å². The van der Waals surface area contributed by atoms with Crippen molar-refractivity contribution in [3.63, 3.8) is 0 Å². The van der Waals surface area contributed by atoms with Gasteiger partial charge < -0.3 is 20.7 Å². The number of halogens is 2. The summed E-state index contributed by atoms with van der Waals surface area (Å²) in [5.41, 5.74) is 2.67. The van der Waals surface area contributed by atoms with Gasteiger partial charge in [-0.05, 0) is 48.6 Å². The normalized spacial score (nSPS) is 10.8. The maximum Gasteiger partial charge on any atom is 0.221 e. The summed E-state index contributed by atoms with van der Waals surface area (Å²) in [5.74, 6) is 1.75. The summed E-state index contributed by atoms with van der Waals surface area (Å²) in [6.45, 7) is 5.64. The Morgan fingerprint density at radius 2 is 1.97 bits per heavy atom. The van der Waals surface area contributed by atoms with Crippen molar-refractivity contribution >= 4 is 53.3 Å².